The molecule has 0 aliphatic carbocycles. The van der Waals surface area contributed by atoms with Gasteiger partial charge in [-0.05, 0) is 37.5 Å². The second-order valence-electron chi connectivity index (χ2n) is 4.77. The molecule has 0 saturated carbocycles. The van der Waals surface area contributed by atoms with Crippen LogP contribution >= 0.6 is 0 Å². The minimum absolute atomic E-state index is 0.0606. The van der Waals surface area contributed by atoms with E-state index in [9.17, 15) is 4.79 Å². The summed E-state index contributed by atoms with van der Waals surface area (Å²) >= 11 is 0. The molecule has 1 heterocycles. The summed E-state index contributed by atoms with van der Waals surface area (Å²) in [6.07, 6.45) is 0.697. The smallest absolute Gasteiger partial charge is 0.404 e. The predicted molar refractivity (Wildman–Crippen MR) is 72.0 cm³/mol. The third kappa shape index (κ3) is 2.85. The van der Waals surface area contributed by atoms with Crippen molar-refractivity contribution in [1.82, 2.24) is 5.32 Å². The van der Waals surface area contributed by atoms with Crippen LogP contribution in [-0.4, -0.2) is 30.3 Å². The summed E-state index contributed by atoms with van der Waals surface area (Å²) in [4.78, 5) is 12.8. The van der Waals surface area contributed by atoms with Crippen molar-refractivity contribution in [2.45, 2.75) is 25.8 Å². The quantitative estimate of drug-likeness (QED) is 0.698. The number of anilines is 2. The molecule has 1 aliphatic rings. The van der Waals surface area contributed by atoms with E-state index in [-0.39, 0.29) is 6.04 Å². The van der Waals surface area contributed by atoms with Crippen molar-refractivity contribution < 1.29 is 9.90 Å². The van der Waals surface area contributed by atoms with E-state index in [1.54, 1.807) is 0 Å². The molecule has 4 N–H and O–H groups in total. The average Bonchev–Trinajstić information content (AvgIpc) is 2.30. The lowest BCUT2D eigenvalue weighted by Gasteiger charge is -2.34. The number of nitrogens with zero attached hydrogens (tertiary/aromatic N) is 1. The number of rotatable bonds is 2. The number of carboxylic acid groups (broad SMARTS) is 1. The number of piperidine rings is 1. The summed E-state index contributed by atoms with van der Waals surface area (Å²) in [5.74, 6) is 0. The highest BCUT2D eigenvalue weighted by molar-refractivity contribution is 5.69. The number of carbonyl (C=O) groups is 1. The molecular weight excluding hydrogens is 230 g/mol. The molecular formula is C13H19N3O2. The molecule has 0 spiro atoms. The Morgan fingerprint density at radius 1 is 1.44 bits per heavy atom. The summed E-state index contributed by atoms with van der Waals surface area (Å²) in [7, 11) is 0. The van der Waals surface area contributed by atoms with Crippen LogP contribution in [0.25, 0.3) is 0 Å². The van der Waals surface area contributed by atoms with Gasteiger partial charge in [0.25, 0.3) is 0 Å². The Morgan fingerprint density at radius 2 is 2.11 bits per heavy atom. The van der Waals surface area contributed by atoms with Crippen molar-refractivity contribution in [3.05, 3.63) is 23.8 Å². The number of hydrogen-bond donors (Lipinski definition) is 3. The fraction of sp³-hybridized carbons (Fsp3) is 0.462. The van der Waals surface area contributed by atoms with Crippen LogP contribution in [-0.2, 0) is 0 Å². The van der Waals surface area contributed by atoms with Crippen LogP contribution in [0.15, 0.2) is 18.2 Å². The number of benzene rings is 1. The molecule has 5 heteroatoms. The number of nitrogens with one attached hydrogen (secondary N) is 1. The zero-order chi connectivity index (χ0) is 13.1. The summed E-state index contributed by atoms with van der Waals surface area (Å²) in [5, 5.41) is 11.2. The Kier molecular flexibility index (Phi) is 3.60. The number of amides is 1. The summed E-state index contributed by atoms with van der Waals surface area (Å²) in [6.45, 7) is 3.68. The van der Waals surface area contributed by atoms with Gasteiger partial charge in [-0.15, -0.1) is 0 Å². The van der Waals surface area contributed by atoms with Gasteiger partial charge in [-0.25, -0.2) is 4.79 Å². The minimum Gasteiger partial charge on any atom is -0.465 e. The largest absolute Gasteiger partial charge is 0.465 e. The van der Waals surface area contributed by atoms with E-state index >= 15 is 0 Å². The second-order valence-corrected chi connectivity index (χ2v) is 4.77. The van der Waals surface area contributed by atoms with Crippen molar-refractivity contribution in [3.63, 3.8) is 0 Å². The van der Waals surface area contributed by atoms with E-state index in [0.717, 1.165) is 42.9 Å². The molecule has 1 aliphatic heterocycles. The Morgan fingerprint density at radius 3 is 2.67 bits per heavy atom. The molecule has 1 fully saturated rings. The maximum Gasteiger partial charge on any atom is 0.404 e. The Hall–Kier alpha value is -1.91. The van der Waals surface area contributed by atoms with Gasteiger partial charge >= 0.3 is 6.09 Å². The first kappa shape index (κ1) is 12.5. The van der Waals surface area contributed by atoms with Crippen LogP contribution in [0, 0.1) is 6.92 Å². The van der Waals surface area contributed by atoms with Gasteiger partial charge in [-0.3, -0.25) is 0 Å². The highest BCUT2D eigenvalue weighted by Crippen LogP contribution is 2.27. The van der Waals surface area contributed by atoms with Gasteiger partial charge in [0, 0.05) is 19.1 Å². The maximum absolute atomic E-state index is 10.6. The summed E-state index contributed by atoms with van der Waals surface area (Å²) in [6, 6.07) is 6.12. The van der Waals surface area contributed by atoms with Crippen molar-refractivity contribution in [3.8, 4) is 0 Å². The number of nitrogen functional groups attached to an aromatic ring is 1. The summed E-state index contributed by atoms with van der Waals surface area (Å²) in [5.41, 5.74) is 9.01. The number of nitrogens with two attached hydrogens (primary N) is 1. The Bertz CT molecular complexity index is 440. The highest BCUT2D eigenvalue weighted by atomic mass is 16.4. The lowest BCUT2D eigenvalue weighted by atomic mass is 10.0. The third-order valence-corrected chi connectivity index (χ3v) is 3.35. The molecule has 1 aromatic carbocycles. The van der Waals surface area contributed by atoms with E-state index in [1.165, 1.54) is 0 Å². The highest BCUT2D eigenvalue weighted by Gasteiger charge is 2.21. The third-order valence-electron chi connectivity index (χ3n) is 3.35. The standard InChI is InChI=1S/C13H19N3O2/c1-9-2-3-12(11(14)8-9)16-6-4-10(5-7-16)15-13(17)18/h2-3,8,10,15H,4-7,14H2,1H3,(H,17,18). The summed E-state index contributed by atoms with van der Waals surface area (Å²) < 4.78 is 0. The van der Waals surface area contributed by atoms with Gasteiger partial charge in [-0.2, -0.15) is 0 Å². The molecule has 1 aromatic rings. The molecule has 1 saturated heterocycles. The fourth-order valence-electron chi connectivity index (χ4n) is 2.40. The molecule has 1 amide bonds. The van der Waals surface area contributed by atoms with Gasteiger partial charge in [-0.1, -0.05) is 6.07 Å². The zero-order valence-corrected chi connectivity index (χ0v) is 10.5. The molecule has 0 aromatic heterocycles. The fourth-order valence-corrected chi connectivity index (χ4v) is 2.40. The molecule has 0 atom stereocenters. The van der Waals surface area contributed by atoms with Crippen LogP contribution in [0.2, 0.25) is 0 Å². The predicted octanol–water partition coefficient (Wildman–Crippen LogP) is 1.81. The molecule has 98 valence electrons. The molecule has 0 radical (unpaired) electrons. The molecule has 0 unspecified atom stereocenters. The lowest BCUT2D eigenvalue weighted by molar-refractivity contribution is 0.187. The molecule has 5 nitrogen and oxygen atoms in total. The Balaban J connectivity index is 1.99. The minimum atomic E-state index is -0.941. The lowest BCUT2D eigenvalue weighted by Crippen LogP contribution is -2.44. The van der Waals surface area contributed by atoms with Gasteiger partial charge in [0.05, 0.1) is 11.4 Å². The van der Waals surface area contributed by atoms with Crippen LogP contribution < -0.4 is 16.0 Å². The van der Waals surface area contributed by atoms with Crippen molar-refractivity contribution in [2.75, 3.05) is 23.7 Å². The first-order valence-electron chi connectivity index (χ1n) is 6.17. The normalized spacial score (nSPS) is 16.6. The van der Waals surface area contributed by atoms with Gasteiger partial charge in [0.15, 0.2) is 0 Å². The van der Waals surface area contributed by atoms with Crippen LogP contribution in [0.3, 0.4) is 0 Å². The Labute approximate surface area is 107 Å². The molecule has 18 heavy (non-hydrogen) atoms. The SMILES string of the molecule is Cc1ccc(N2CCC(NC(=O)O)CC2)c(N)c1. The first-order chi connectivity index (χ1) is 8.56. The molecule has 2 rings (SSSR count). The van der Waals surface area contributed by atoms with Crippen molar-refractivity contribution >= 4 is 17.5 Å². The number of aryl methyl sites for hydroxylation is 1. The molecule has 0 bridgehead atoms. The van der Waals surface area contributed by atoms with E-state index in [4.69, 9.17) is 10.8 Å². The van der Waals surface area contributed by atoms with Gasteiger partial charge in [0.2, 0.25) is 0 Å². The van der Waals surface area contributed by atoms with Gasteiger partial charge in [0.1, 0.15) is 0 Å². The maximum atomic E-state index is 10.6. The first-order valence-corrected chi connectivity index (χ1v) is 6.17. The average molecular weight is 249 g/mol. The number of hydrogen-bond acceptors (Lipinski definition) is 3. The van der Waals surface area contributed by atoms with Crippen molar-refractivity contribution in [2.24, 2.45) is 0 Å². The monoisotopic (exact) mass is 249 g/mol. The van der Waals surface area contributed by atoms with Crippen molar-refractivity contribution in [1.29, 1.82) is 0 Å². The van der Waals surface area contributed by atoms with Crippen LogP contribution in [0.5, 0.6) is 0 Å². The van der Waals surface area contributed by atoms with Gasteiger partial charge < -0.3 is 21.1 Å². The second kappa shape index (κ2) is 5.16. The topological polar surface area (TPSA) is 78.6 Å². The zero-order valence-electron chi connectivity index (χ0n) is 10.5. The van der Waals surface area contributed by atoms with E-state index in [2.05, 4.69) is 10.2 Å². The van der Waals surface area contributed by atoms with E-state index in [1.807, 2.05) is 25.1 Å². The van der Waals surface area contributed by atoms with Crippen LogP contribution in [0.4, 0.5) is 16.2 Å². The van der Waals surface area contributed by atoms with E-state index in [0.29, 0.717) is 0 Å². The van der Waals surface area contributed by atoms with Crippen LogP contribution in [0.1, 0.15) is 18.4 Å². The van der Waals surface area contributed by atoms with E-state index < -0.39 is 6.09 Å².